The molecular weight excluding hydrogens is 151 g/mol. The van der Waals surface area contributed by atoms with Crippen LogP contribution in [0.4, 0.5) is 4.39 Å². The van der Waals surface area contributed by atoms with Crippen LogP contribution in [0.25, 0.3) is 0 Å². The second kappa shape index (κ2) is 8.59. The van der Waals surface area contributed by atoms with Gasteiger partial charge in [-0.1, -0.05) is 33.6 Å². The van der Waals surface area contributed by atoms with E-state index in [4.69, 9.17) is 0 Å². The molecule has 0 unspecified atom stereocenters. The maximum absolute atomic E-state index is 12.7. The van der Waals surface area contributed by atoms with E-state index in [2.05, 4.69) is 19.8 Å². The monoisotopic (exact) mass is 172 g/mol. The van der Waals surface area contributed by atoms with Crippen molar-refractivity contribution in [3.63, 3.8) is 0 Å². The molecule has 0 spiro atoms. The highest BCUT2D eigenvalue weighted by Crippen LogP contribution is 2.43. The fraction of sp³-hybridized carbons (Fsp3) is 0.818. The van der Waals surface area contributed by atoms with Gasteiger partial charge in [0.25, 0.3) is 0 Å². The number of rotatable bonds is 3. The Labute approximate surface area is 76.6 Å². The predicted molar refractivity (Wildman–Crippen MR) is 53.8 cm³/mol. The van der Waals surface area contributed by atoms with Gasteiger partial charge in [-0.25, -0.2) is 4.39 Å². The van der Waals surface area contributed by atoms with E-state index >= 15 is 0 Å². The van der Waals surface area contributed by atoms with Crippen molar-refractivity contribution >= 4 is 0 Å². The van der Waals surface area contributed by atoms with Crippen molar-refractivity contribution in [1.29, 1.82) is 0 Å². The summed E-state index contributed by atoms with van der Waals surface area (Å²) < 4.78 is 12.7. The molecule has 0 N–H and O–H groups in total. The van der Waals surface area contributed by atoms with Crippen LogP contribution in [0.1, 0.15) is 52.9 Å². The van der Waals surface area contributed by atoms with Crippen molar-refractivity contribution in [3.8, 4) is 12.8 Å². The Hall–Kier alpha value is -0.510. The molecule has 1 saturated carbocycles. The van der Waals surface area contributed by atoms with E-state index < -0.39 is 5.67 Å². The zero-order valence-corrected chi connectivity index (χ0v) is 8.57. The van der Waals surface area contributed by atoms with E-state index in [0.29, 0.717) is 0 Å². The Balaban J connectivity index is 0. The number of hydrogen-bond acceptors (Lipinski definition) is 0. The van der Waals surface area contributed by atoms with Crippen molar-refractivity contribution in [2.24, 2.45) is 0 Å². The molecule has 1 aliphatic rings. The van der Waals surface area contributed by atoms with Crippen LogP contribution >= 0.6 is 0 Å². The topological polar surface area (TPSA) is 0 Å². The number of hydrogen-bond donors (Lipinski definition) is 0. The van der Waals surface area contributed by atoms with Crippen molar-refractivity contribution in [2.45, 2.75) is 58.5 Å². The molecule has 0 saturated heterocycles. The highest BCUT2D eigenvalue weighted by Gasteiger charge is 2.41. The third-order valence-electron chi connectivity index (χ3n) is 1.77. The van der Waals surface area contributed by atoms with Gasteiger partial charge in [0.1, 0.15) is 5.67 Å². The van der Waals surface area contributed by atoms with Crippen molar-refractivity contribution in [3.05, 3.63) is 0 Å². The first kappa shape index (κ1) is 14.0. The molecule has 0 bridgehead atoms. The summed E-state index contributed by atoms with van der Waals surface area (Å²) in [5.74, 6) is 0. The first-order valence-corrected chi connectivity index (χ1v) is 4.79. The van der Waals surface area contributed by atoms with Crippen LogP contribution in [0.2, 0.25) is 0 Å². The summed E-state index contributed by atoms with van der Waals surface area (Å²) in [6.07, 6.45) is 12.7. The summed E-state index contributed by atoms with van der Waals surface area (Å²) in [7, 11) is 0. The Bertz CT molecular complexity index is 101. The molecular formula is C11H21F. The standard InChI is InChI=1S/C7H13F.C2H6.C2H2/c1-2-3-4-7(8)5-6-7;2*1-2/h2-6H2,1H3;1-2H3;1-2H. The lowest BCUT2D eigenvalue weighted by Crippen LogP contribution is -1.96. The van der Waals surface area contributed by atoms with Gasteiger partial charge >= 0.3 is 0 Å². The van der Waals surface area contributed by atoms with Crippen molar-refractivity contribution in [1.82, 2.24) is 0 Å². The van der Waals surface area contributed by atoms with Crippen molar-refractivity contribution in [2.75, 3.05) is 0 Å². The Morgan fingerprint density at radius 3 is 1.92 bits per heavy atom. The van der Waals surface area contributed by atoms with E-state index in [9.17, 15) is 4.39 Å². The lowest BCUT2D eigenvalue weighted by molar-refractivity contribution is 0.283. The second-order valence-corrected chi connectivity index (χ2v) is 2.75. The molecule has 0 heterocycles. The quantitative estimate of drug-likeness (QED) is 0.565. The highest BCUT2D eigenvalue weighted by molar-refractivity contribution is 4.93. The van der Waals surface area contributed by atoms with Crippen LogP contribution in [0, 0.1) is 12.8 Å². The average Bonchev–Trinajstić information content (AvgIpc) is 2.88. The fourth-order valence-electron chi connectivity index (χ4n) is 0.879. The first-order chi connectivity index (χ1) is 5.77. The van der Waals surface area contributed by atoms with Crippen molar-refractivity contribution < 1.29 is 4.39 Å². The maximum atomic E-state index is 12.7. The molecule has 0 aromatic heterocycles. The van der Waals surface area contributed by atoms with Gasteiger partial charge in [-0.2, -0.15) is 0 Å². The van der Waals surface area contributed by atoms with E-state index in [1.807, 2.05) is 13.8 Å². The molecule has 0 atom stereocenters. The number of halogens is 1. The molecule has 0 radical (unpaired) electrons. The molecule has 1 aliphatic carbocycles. The fourth-order valence-corrected chi connectivity index (χ4v) is 0.879. The Morgan fingerprint density at radius 2 is 1.67 bits per heavy atom. The smallest absolute Gasteiger partial charge is 0.111 e. The van der Waals surface area contributed by atoms with Crippen LogP contribution in [-0.2, 0) is 0 Å². The SMILES string of the molecule is C#C.CC.CCCCC1(F)CC1. The largest absolute Gasteiger partial charge is 0.244 e. The number of alkyl halides is 1. The van der Waals surface area contributed by atoms with Crippen LogP contribution in [-0.4, -0.2) is 5.67 Å². The maximum Gasteiger partial charge on any atom is 0.111 e. The van der Waals surface area contributed by atoms with Gasteiger partial charge in [-0.15, -0.1) is 12.8 Å². The summed E-state index contributed by atoms with van der Waals surface area (Å²) >= 11 is 0. The Kier molecular flexibility index (Phi) is 10.0. The molecule has 1 fully saturated rings. The summed E-state index contributed by atoms with van der Waals surface area (Å²) in [5, 5.41) is 0. The van der Waals surface area contributed by atoms with Crippen LogP contribution < -0.4 is 0 Å². The molecule has 12 heavy (non-hydrogen) atoms. The zero-order valence-electron chi connectivity index (χ0n) is 8.57. The molecule has 72 valence electrons. The molecule has 0 aromatic carbocycles. The van der Waals surface area contributed by atoms with Gasteiger partial charge in [0, 0.05) is 0 Å². The third kappa shape index (κ3) is 7.60. The summed E-state index contributed by atoms with van der Waals surface area (Å²) in [5.41, 5.74) is -0.698. The van der Waals surface area contributed by atoms with E-state index in [-0.39, 0.29) is 0 Å². The summed E-state index contributed by atoms with van der Waals surface area (Å²) in [4.78, 5) is 0. The van der Waals surface area contributed by atoms with E-state index in [1.54, 1.807) is 0 Å². The molecule has 0 nitrogen and oxygen atoms in total. The molecule has 1 rings (SSSR count). The second-order valence-electron chi connectivity index (χ2n) is 2.75. The van der Waals surface area contributed by atoms with E-state index in [0.717, 1.165) is 32.1 Å². The molecule has 0 aromatic rings. The molecule has 0 aliphatic heterocycles. The molecule has 1 heteroatoms. The minimum atomic E-state index is -0.698. The van der Waals surface area contributed by atoms with E-state index in [1.165, 1.54) is 0 Å². The number of unbranched alkanes of at least 4 members (excludes halogenated alkanes) is 1. The first-order valence-electron chi connectivity index (χ1n) is 4.79. The van der Waals surface area contributed by atoms with Gasteiger partial charge < -0.3 is 0 Å². The lowest BCUT2D eigenvalue weighted by atomic mass is 10.2. The normalized spacial score (nSPS) is 16.2. The average molecular weight is 172 g/mol. The highest BCUT2D eigenvalue weighted by atomic mass is 19.1. The van der Waals surface area contributed by atoms with Gasteiger partial charge in [-0.3, -0.25) is 0 Å². The Morgan fingerprint density at radius 1 is 1.25 bits per heavy atom. The zero-order chi connectivity index (χ0) is 10.0. The van der Waals surface area contributed by atoms with Gasteiger partial charge in [0.2, 0.25) is 0 Å². The van der Waals surface area contributed by atoms with Gasteiger partial charge in [0.05, 0.1) is 0 Å². The summed E-state index contributed by atoms with van der Waals surface area (Å²) in [6, 6.07) is 0. The third-order valence-corrected chi connectivity index (χ3v) is 1.77. The van der Waals surface area contributed by atoms with Crippen LogP contribution in [0.15, 0.2) is 0 Å². The van der Waals surface area contributed by atoms with Gasteiger partial charge in [0.15, 0.2) is 0 Å². The minimum absolute atomic E-state index is 0.698. The molecule has 0 amide bonds. The van der Waals surface area contributed by atoms with Crippen LogP contribution in [0.5, 0.6) is 0 Å². The lowest BCUT2D eigenvalue weighted by Gasteiger charge is -1.99. The predicted octanol–water partition coefficient (Wildman–Crippen LogP) is 3.95. The number of terminal acetylenes is 1. The van der Waals surface area contributed by atoms with Crippen LogP contribution in [0.3, 0.4) is 0 Å². The van der Waals surface area contributed by atoms with Gasteiger partial charge in [-0.05, 0) is 19.3 Å². The summed E-state index contributed by atoms with van der Waals surface area (Å²) in [6.45, 7) is 6.10. The minimum Gasteiger partial charge on any atom is -0.244 e.